The first kappa shape index (κ1) is 13.1. The van der Waals surface area contributed by atoms with Crippen molar-refractivity contribution in [1.82, 2.24) is 10.2 Å². The Hall–Kier alpha value is -1.88. The number of benzene rings is 1. The maximum Gasteiger partial charge on any atom is 0.318 e. The van der Waals surface area contributed by atoms with E-state index in [9.17, 15) is 0 Å². The molecule has 2 aromatic rings. The molecule has 0 N–H and O–H groups in total. The van der Waals surface area contributed by atoms with Gasteiger partial charge in [0.2, 0.25) is 5.89 Å². The van der Waals surface area contributed by atoms with E-state index >= 15 is 0 Å². The van der Waals surface area contributed by atoms with Gasteiger partial charge in [-0.3, -0.25) is 0 Å². The lowest BCUT2D eigenvalue weighted by Crippen LogP contribution is -2.36. The van der Waals surface area contributed by atoms with Crippen LogP contribution in [0, 0.1) is 6.92 Å². The van der Waals surface area contributed by atoms with Gasteiger partial charge in [-0.1, -0.05) is 24.2 Å². The molecule has 2 heterocycles. The van der Waals surface area contributed by atoms with Crippen LogP contribution in [-0.2, 0) is 11.2 Å². The van der Waals surface area contributed by atoms with E-state index in [1.165, 1.54) is 11.1 Å². The molecule has 0 spiro atoms. The van der Waals surface area contributed by atoms with Gasteiger partial charge in [-0.05, 0) is 30.5 Å². The molecular formula is C15H19N3O2. The molecule has 1 aliphatic heterocycles. The van der Waals surface area contributed by atoms with Crippen LogP contribution < -0.4 is 4.90 Å². The zero-order valence-corrected chi connectivity index (χ0v) is 11.9. The SMILES string of the molecule is CCc1ccc(-c2nnc(N3CCOCC3)o2)c(C)c1. The average Bonchev–Trinajstić information content (AvgIpc) is 2.97. The number of aromatic nitrogens is 2. The van der Waals surface area contributed by atoms with Gasteiger partial charge in [0, 0.05) is 18.7 Å². The van der Waals surface area contributed by atoms with Gasteiger partial charge in [0.1, 0.15) is 0 Å². The molecule has 20 heavy (non-hydrogen) atoms. The van der Waals surface area contributed by atoms with Crippen molar-refractivity contribution in [3.05, 3.63) is 29.3 Å². The molecule has 0 atom stereocenters. The van der Waals surface area contributed by atoms with Gasteiger partial charge in [-0.15, -0.1) is 5.10 Å². The zero-order valence-electron chi connectivity index (χ0n) is 11.9. The topological polar surface area (TPSA) is 51.4 Å². The Labute approximate surface area is 118 Å². The fraction of sp³-hybridized carbons (Fsp3) is 0.467. The van der Waals surface area contributed by atoms with Crippen molar-refractivity contribution in [2.24, 2.45) is 0 Å². The van der Waals surface area contributed by atoms with Gasteiger partial charge in [-0.25, -0.2) is 0 Å². The fourth-order valence-corrected chi connectivity index (χ4v) is 2.39. The Morgan fingerprint density at radius 2 is 2.00 bits per heavy atom. The smallest absolute Gasteiger partial charge is 0.318 e. The van der Waals surface area contributed by atoms with Crippen LogP contribution >= 0.6 is 0 Å². The normalized spacial score (nSPS) is 15.6. The molecule has 0 saturated carbocycles. The molecule has 0 radical (unpaired) electrons. The second-order valence-corrected chi connectivity index (χ2v) is 4.99. The number of aryl methyl sites for hydroxylation is 2. The molecule has 5 heteroatoms. The highest BCUT2D eigenvalue weighted by Crippen LogP contribution is 2.26. The summed E-state index contributed by atoms with van der Waals surface area (Å²) in [5.41, 5.74) is 3.50. The fourth-order valence-electron chi connectivity index (χ4n) is 2.39. The summed E-state index contributed by atoms with van der Waals surface area (Å²) in [5, 5.41) is 8.33. The van der Waals surface area contributed by atoms with Crippen molar-refractivity contribution < 1.29 is 9.15 Å². The molecule has 1 aromatic heterocycles. The lowest BCUT2D eigenvalue weighted by molar-refractivity contribution is 0.120. The Balaban J connectivity index is 1.85. The van der Waals surface area contributed by atoms with Crippen molar-refractivity contribution in [2.45, 2.75) is 20.3 Å². The van der Waals surface area contributed by atoms with E-state index in [0.717, 1.165) is 25.1 Å². The predicted octanol–water partition coefficient (Wildman–Crippen LogP) is 2.44. The van der Waals surface area contributed by atoms with Crippen molar-refractivity contribution in [3.8, 4) is 11.5 Å². The van der Waals surface area contributed by atoms with E-state index in [1.54, 1.807) is 0 Å². The van der Waals surface area contributed by atoms with E-state index in [4.69, 9.17) is 9.15 Å². The van der Waals surface area contributed by atoms with Crippen LogP contribution in [0.4, 0.5) is 6.01 Å². The first-order valence-corrected chi connectivity index (χ1v) is 7.04. The quantitative estimate of drug-likeness (QED) is 0.859. The first-order chi connectivity index (χ1) is 9.78. The molecule has 0 unspecified atom stereocenters. The molecule has 1 aliphatic rings. The van der Waals surface area contributed by atoms with Crippen LogP contribution in [-0.4, -0.2) is 36.5 Å². The van der Waals surface area contributed by atoms with Crippen LogP contribution in [0.25, 0.3) is 11.5 Å². The summed E-state index contributed by atoms with van der Waals surface area (Å²) in [6.07, 6.45) is 1.03. The summed E-state index contributed by atoms with van der Waals surface area (Å²) in [5.74, 6) is 0.589. The average molecular weight is 273 g/mol. The Kier molecular flexibility index (Phi) is 3.69. The van der Waals surface area contributed by atoms with Gasteiger partial charge in [0.05, 0.1) is 13.2 Å². The number of hydrogen-bond donors (Lipinski definition) is 0. The van der Waals surface area contributed by atoms with Crippen molar-refractivity contribution in [1.29, 1.82) is 0 Å². The van der Waals surface area contributed by atoms with E-state index in [-0.39, 0.29) is 0 Å². The van der Waals surface area contributed by atoms with Gasteiger partial charge < -0.3 is 14.1 Å². The summed E-state index contributed by atoms with van der Waals surface area (Å²) < 4.78 is 11.1. The minimum absolute atomic E-state index is 0.585. The highest BCUT2D eigenvalue weighted by atomic mass is 16.5. The van der Waals surface area contributed by atoms with E-state index in [2.05, 4.69) is 47.1 Å². The standard InChI is InChI=1S/C15H19N3O2/c1-3-12-4-5-13(11(2)10-12)14-16-17-15(20-14)18-6-8-19-9-7-18/h4-5,10H,3,6-9H2,1-2H3. The number of hydrogen-bond acceptors (Lipinski definition) is 5. The van der Waals surface area contributed by atoms with Gasteiger partial charge in [-0.2, -0.15) is 0 Å². The molecule has 1 saturated heterocycles. The lowest BCUT2D eigenvalue weighted by Gasteiger charge is -2.24. The second-order valence-electron chi connectivity index (χ2n) is 4.99. The number of nitrogens with zero attached hydrogens (tertiary/aromatic N) is 3. The maximum atomic E-state index is 5.81. The molecule has 3 rings (SSSR count). The molecule has 0 bridgehead atoms. The largest absolute Gasteiger partial charge is 0.403 e. The van der Waals surface area contributed by atoms with Crippen LogP contribution in [0.5, 0.6) is 0 Å². The molecule has 5 nitrogen and oxygen atoms in total. The monoisotopic (exact) mass is 273 g/mol. The van der Waals surface area contributed by atoms with Gasteiger partial charge in [0.15, 0.2) is 0 Å². The molecule has 106 valence electrons. The molecule has 1 fully saturated rings. The van der Waals surface area contributed by atoms with Crippen LogP contribution in [0.2, 0.25) is 0 Å². The Morgan fingerprint density at radius 1 is 1.20 bits per heavy atom. The molecule has 1 aromatic carbocycles. The minimum atomic E-state index is 0.585. The van der Waals surface area contributed by atoms with Crippen LogP contribution in [0.15, 0.2) is 22.6 Å². The summed E-state index contributed by atoms with van der Waals surface area (Å²) in [7, 11) is 0. The second kappa shape index (κ2) is 5.63. The summed E-state index contributed by atoms with van der Waals surface area (Å²) >= 11 is 0. The number of anilines is 1. The van der Waals surface area contributed by atoms with E-state index in [0.29, 0.717) is 25.1 Å². The number of morpholine rings is 1. The third kappa shape index (κ3) is 2.54. The van der Waals surface area contributed by atoms with Crippen molar-refractivity contribution >= 4 is 6.01 Å². The molecule has 0 aliphatic carbocycles. The van der Waals surface area contributed by atoms with Gasteiger partial charge in [0.25, 0.3) is 0 Å². The van der Waals surface area contributed by atoms with Gasteiger partial charge >= 0.3 is 6.01 Å². The third-order valence-corrected chi connectivity index (χ3v) is 3.63. The lowest BCUT2D eigenvalue weighted by atomic mass is 10.0. The van der Waals surface area contributed by atoms with E-state index < -0.39 is 0 Å². The van der Waals surface area contributed by atoms with Crippen molar-refractivity contribution in [3.63, 3.8) is 0 Å². The maximum absolute atomic E-state index is 5.81. The minimum Gasteiger partial charge on any atom is -0.403 e. The highest BCUT2D eigenvalue weighted by molar-refractivity contribution is 5.59. The van der Waals surface area contributed by atoms with Crippen LogP contribution in [0.3, 0.4) is 0 Å². The third-order valence-electron chi connectivity index (χ3n) is 3.63. The van der Waals surface area contributed by atoms with Crippen LogP contribution in [0.1, 0.15) is 18.1 Å². The molecule has 0 amide bonds. The summed E-state index contributed by atoms with van der Waals surface area (Å²) in [6, 6.07) is 6.93. The zero-order chi connectivity index (χ0) is 13.9. The predicted molar refractivity (Wildman–Crippen MR) is 76.9 cm³/mol. The first-order valence-electron chi connectivity index (χ1n) is 7.04. The number of ether oxygens (including phenoxy) is 1. The number of rotatable bonds is 3. The molecular weight excluding hydrogens is 254 g/mol. The summed E-state index contributed by atoms with van der Waals surface area (Å²) in [6.45, 7) is 7.25. The Morgan fingerprint density at radius 3 is 2.70 bits per heavy atom. The van der Waals surface area contributed by atoms with Crippen molar-refractivity contribution in [2.75, 3.05) is 31.2 Å². The summed E-state index contributed by atoms with van der Waals surface area (Å²) in [4.78, 5) is 2.07. The highest BCUT2D eigenvalue weighted by Gasteiger charge is 2.18. The van der Waals surface area contributed by atoms with E-state index in [1.807, 2.05) is 0 Å². The Bertz CT molecular complexity index is 589.